The van der Waals surface area contributed by atoms with E-state index in [2.05, 4.69) is 26.2 Å². The van der Waals surface area contributed by atoms with Crippen molar-refractivity contribution in [3.63, 3.8) is 0 Å². The quantitative estimate of drug-likeness (QED) is 0.0621. The first-order valence-electron chi connectivity index (χ1n) is 24.1. The maximum absolute atomic E-state index is 7.49. The first-order valence-corrected chi connectivity index (χ1v) is 45.2. The van der Waals surface area contributed by atoms with Crippen molar-refractivity contribution in [2.45, 2.75) is 133 Å². The van der Waals surface area contributed by atoms with E-state index in [0.29, 0.717) is 64.9 Å². The average Bonchev–Trinajstić information content (AvgIpc) is 3.98. The third-order valence-electron chi connectivity index (χ3n) is 11.8. The molecule has 18 nitrogen and oxygen atoms in total. The van der Waals surface area contributed by atoms with Gasteiger partial charge in [-0.25, -0.2) is 0 Å². The molecule has 66 heavy (non-hydrogen) atoms. The lowest BCUT2D eigenvalue weighted by Crippen LogP contribution is -2.72. The number of rotatable bonds is 29. The maximum atomic E-state index is 7.49. The summed E-state index contributed by atoms with van der Waals surface area (Å²) in [6.45, 7) is 26.4. The van der Waals surface area contributed by atoms with E-state index in [-0.39, 0.29) is 24.4 Å². The summed E-state index contributed by atoms with van der Waals surface area (Å²) in [4.78, 5) is 0. The van der Waals surface area contributed by atoms with Crippen LogP contribution in [-0.4, -0.2) is 183 Å². The normalized spacial score (nSPS) is 39.8. The summed E-state index contributed by atoms with van der Waals surface area (Å²) in [7, 11) is -27.4. The molecule has 0 amide bonds. The average molecular weight is 1090 g/mol. The van der Waals surface area contributed by atoms with Gasteiger partial charge in [-0.15, -0.1) is 0 Å². The summed E-state index contributed by atoms with van der Waals surface area (Å²) < 4.78 is 118. The fourth-order valence-corrected chi connectivity index (χ4v) is 54.5. The molecule has 12 unspecified atom stereocenters. The fraction of sp³-hybridized carbons (Fsp3) is 0.846. The Morgan fingerprint density at radius 1 is 0.485 bits per heavy atom. The van der Waals surface area contributed by atoms with Crippen molar-refractivity contribution in [2.24, 2.45) is 0 Å². The van der Waals surface area contributed by atoms with Crippen molar-refractivity contribution in [3.05, 3.63) is 30.3 Å². The molecule has 0 saturated carbocycles. The van der Waals surface area contributed by atoms with Crippen LogP contribution >= 0.6 is 0 Å². The van der Waals surface area contributed by atoms with Crippen LogP contribution in [0.25, 0.3) is 0 Å². The Kier molecular flexibility index (Phi) is 19.7. The van der Waals surface area contributed by atoms with Crippen molar-refractivity contribution >= 4 is 84.2 Å². The lowest BCUT2D eigenvalue weighted by Gasteiger charge is -2.50. The topological polar surface area (TPSA) is 179 Å². The van der Waals surface area contributed by atoms with Gasteiger partial charge in [0.05, 0.1) is 52.9 Å². The molecule has 12 atom stereocenters. The highest BCUT2D eigenvalue weighted by molar-refractivity contribution is 6.97. The SMILES string of the molecule is C[SiH]1O[Si](C)(CCCOCC2CO2)O[Si](C)(CCCOCC2CO2)O[Si](C)(O[Si](C)(O[Si]2(C)O[SiH](C)O[Si](C)(CCCOCC3CO3)O[Si](C)(CCCOCC3CO3)O2)c2ccccc2)O1. The first-order chi connectivity index (χ1) is 31.4. The molecule has 6 saturated heterocycles. The minimum Gasteiger partial charge on any atom is -0.418 e. The third-order valence-corrected chi connectivity index (χ3v) is 50.4. The molecule has 0 aliphatic carbocycles. The number of ether oxygens (including phenoxy) is 8. The number of hydrogen-bond acceptors (Lipinski definition) is 18. The van der Waals surface area contributed by atoms with Crippen molar-refractivity contribution in [2.75, 3.05) is 79.3 Å². The van der Waals surface area contributed by atoms with Crippen LogP contribution in [0.3, 0.4) is 0 Å². The van der Waals surface area contributed by atoms with Gasteiger partial charge in [0.25, 0.3) is 0 Å². The predicted octanol–water partition coefficient (Wildman–Crippen LogP) is 4.51. The number of epoxide rings is 4. The highest BCUT2D eigenvalue weighted by Gasteiger charge is 2.61. The van der Waals surface area contributed by atoms with E-state index < -0.39 is 79.0 Å². The van der Waals surface area contributed by atoms with E-state index in [1.54, 1.807) is 0 Å². The summed E-state index contributed by atoms with van der Waals surface area (Å²) >= 11 is 0. The lowest BCUT2D eigenvalue weighted by molar-refractivity contribution is 0.111. The second-order valence-electron chi connectivity index (χ2n) is 19.3. The van der Waals surface area contributed by atoms with Gasteiger partial charge >= 0.3 is 79.0 Å². The molecule has 27 heteroatoms. The van der Waals surface area contributed by atoms with Crippen LogP contribution in [0.4, 0.5) is 0 Å². The van der Waals surface area contributed by atoms with Crippen LogP contribution in [0.2, 0.25) is 83.1 Å². The molecule has 0 bridgehead atoms. The van der Waals surface area contributed by atoms with E-state index in [0.717, 1.165) is 69.4 Å². The summed E-state index contributed by atoms with van der Waals surface area (Å²) in [6, 6.07) is 12.9. The molecule has 1 aromatic rings. The predicted molar refractivity (Wildman–Crippen MR) is 264 cm³/mol. The molecule has 6 aliphatic rings. The van der Waals surface area contributed by atoms with Gasteiger partial charge in [-0.3, -0.25) is 0 Å². The standard InChI is InChI=1S/C39H78O18Si9/c1-58-48-60(3,23-13-19-40-27-35-31-44-35)52-62(5,25-15-21-42-29-37-33-46-37)54-65(8,50-58)56-64(7,39-17-11-10-12-18-39)57-66(9)51-59(2)49-61(4,24-14-20-41-28-36-32-45-36)53-63(6,55-66)26-16-22-43-30-38-34-47-38/h10-12,17-18,35-38,58-59H,13-16,19-34H2,1-9H3. The van der Waals surface area contributed by atoms with Crippen LogP contribution < -0.4 is 5.19 Å². The Hall–Kier alpha value is 0.452. The fourth-order valence-electron chi connectivity index (χ4n) is 8.79. The smallest absolute Gasteiger partial charge is 0.418 e. The van der Waals surface area contributed by atoms with E-state index >= 15 is 0 Å². The molecule has 378 valence electrons. The Morgan fingerprint density at radius 2 is 0.803 bits per heavy atom. The maximum Gasteiger partial charge on any atom is 0.470 e. The zero-order chi connectivity index (χ0) is 46.9. The molecule has 7 rings (SSSR count). The molecule has 0 spiro atoms. The minimum atomic E-state index is -3.63. The van der Waals surface area contributed by atoms with Gasteiger partial charge in [-0.2, -0.15) is 0 Å². The van der Waals surface area contributed by atoms with Crippen molar-refractivity contribution in [1.82, 2.24) is 0 Å². The summed E-state index contributed by atoms with van der Waals surface area (Å²) in [5, 5.41) is 0.896. The molecule has 0 N–H and O–H groups in total. The molecule has 6 heterocycles. The Bertz CT molecular complexity index is 1550. The number of benzene rings is 1. The van der Waals surface area contributed by atoms with Crippen LogP contribution in [-0.2, 0) is 79.0 Å². The first kappa shape index (κ1) is 54.2. The zero-order valence-electron chi connectivity index (χ0n) is 40.8. The van der Waals surface area contributed by atoms with Crippen molar-refractivity contribution < 1.29 is 79.0 Å². The van der Waals surface area contributed by atoms with Gasteiger partial charge < -0.3 is 79.0 Å². The van der Waals surface area contributed by atoms with E-state index in [1.165, 1.54) is 0 Å². The van der Waals surface area contributed by atoms with E-state index in [4.69, 9.17) is 79.0 Å². The molecular formula is C39H78O18Si9. The second kappa shape index (κ2) is 24.0. The largest absolute Gasteiger partial charge is 0.470 e. The van der Waals surface area contributed by atoms with Gasteiger partial charge in [0.2, 0.25) is 0 Å². The van der Waals surface area contributed by atoms with Crippen LogP contribution in [0.5, 0.6) is 0 Å². The Balaban J connectivity index is 1.10. The van der Waals surface area contributed by atoms with Gasteiger partial charge in [0, 0.05) is 39.5 Å². The van der Waals surface area contributed by atoms with E-state index in [9.17, 15) is 0 Å². The van der Waals surface area contributed by atoms with Crippen molar-refractivity contribution in [3.8, 4) is 0 Å². The van der Waals surface area contributed by atoms with Gasteiger partial charge in [0.1, 0.15) is 24.4 Å². The van der Waals surface area contributed by atoms with Crippen LogP contribution in [0, 0.1) is 0 Å². The minimum absolute atomic E-state index is 0.195. The molecule has 0 radical (unpaired) electrons. The molecule has 1 aromatic carbocycles. The molecule has 0 aromatic heterocycles. The van der Waals surface area contributed by atoms with Crippen molar-refractivity contribution in [1.29, 1.82) is 0 Å². The summed E-state index contributed by atoms with van der Waals surface area (Å²) in [6.07, 6.45) is 3.93. The molecular weight excluding hydrogens is 1010 g/mol. The Labute approximate surface area is 404 Å². The third kappa shape index (κ3) is 18.5. The van der Waals surface area contributed by atoms with Gasteiger partial charge in [0.15, 0.2) is 0 Å². The summed E-state index contributed by atoms with van der Waals surface area (Å²) in [5.74, 6) is 0. The van der Waals surface area contributed by atoms with Gasteiger partial charge in [-0.1, -0.05) is 30.3 Å². The summed E-state index contributed by atoms with van der Waals surface area (Å²) in [5.41, 5.74) is 0. The second-order valence-corrected chi connectivity index (χ2v) is 47.3. The Morgan fingerprint density at radius 3 is 1.12 bits per heavy atom. The van der Waals surface area contributed by atoms with Crippen LogP contribution in [0.15, 0.2) is 30.3 Å². The lowest BCUT2D eigenvalue weighted by atomic mass is 10.4. The highest BCUT2D eigenvalue weighted by atomic mass is 28.6. The highest BCUT2D eigenvalue weighted by Crippen LogP contribution is 2.38. The number of hydrogen-bond donors (Lipinski definition) is 0. The monoisotopic (exact) mass is 1090 g/mol. The molecule has 6 fully saturated rings. The van der Waals surface area contributed by atoms with E-state index in [1.807, 2.05) is 63.1 Å². The van der Waals surface area contributed by atoms with Crippen LogP contribution in [0.1, 0.15) is 25.7 Å². The van der Waals surface area contributed by atoms with Gasteiger partial charge in [-0.05, 0) is 101 Å². The molecule has 6 aliphatic heterocycles. The zero-order valence-corrected chi connectivity index (χ0v) is 50.2.